The molecule has 0 atom stereocenters. The highest BCUT2D eigenvalue weighted by Crippen LogP contribution is 2.37. The number of methoxy groups -OCH3 is 1. The summed E-state index contributed by atoms with van der Waals surface area (Å²) in [7, 11) is 1.62. The molecule has 4 rings (SSSR count). The van der Waals surface area contributed by atoms with E-state index in [2.05, 4.69) is 15.5 Å². The van der Waals surface area contributed by atoms with Crippen LogP contribution in [0.3, 0.4) is 0 Å². The summed E-state index contributed by atoms with van der Waals surface area (Å²) in [6.07, 6.45) is 3.20. The first-order valence-electron chi connectivity index (χ1n) is 9.68. The van der Waals surface area contributed by atoms with Crippen LogP contribution in [0.2, 0.25) is 0 Å². The van der Waals surface area contributed by atoms with Crippen LogP contribution in [0.25, 0.3) is 11.5 Å². The number of aromatic nitrogens is 2. The number of hydrogen-bond acceptors (Lipinski definition) is 6. The number of carbonyl (C=O) groups is 1. The zero-order chi connectivity index (χ0) is 20.3. The van der Waals surface area contributed by atoms with Crippen LogP contribution in [0, 0.1) is 0 Å². The molecule has 7 nitrogen and oxygen atoms in total. The Kier molecular flexibility index (Phi) is 6.74. The minimum absolute atomic E-state index is 0. The molecule has 1 amide bonds. The number of nitrogens with zero attached hydrogens (tertiary/aromatic N) is 2. The van der Waals surface area contributed by atoms with Gasteiger partial charge in [-0.3, -0.25) is 4.79 Å². The van der Waals surface area contributed by atoms with E-state index >= 15 is 0 Å². The van der Waals surface area contributed by atoms with Crippen molar-refractivity contribution in [3.63, 3.8) is 0 Å². The second-order valence-electron chi connectivity index (χ2n) is 7.43. The number of halogens is 1. The van der Waals surface area contributed by atoms with Crippen molar-refractivity contribution in [1.29, 1.82) is 0 Å². The lowest BCUT2D eigenvalue weighted by molar-refractivity contribution is -0.120. The van der Waals surface area contributed by atoms with Gasteiger partial charge < -0.3 is 20.3 Å². The van der Waals surface area contributed by atoms with Gasteiger partial charge in [0, 0.05) is 12.1 Å². The largest absolute Gasteiger partial charge is 0.497 e. The van der Waals surface area contributed by atoms with Gasteiger partial charge in [0.1, 0.15) is 5.75 Å². The van der Waals surface area contributed by atoms with Crippen molar-refractivity contribution in [3.05, 3.63) is 65.5 Å². The molecule has 0 aliphatic heterocycles. The highest BCUT2D eigenvalue weighted by Gasteiger charge is 2.39. The van der Waals surface area contributed by atoms with Crippen LogP contribution < -0.4 is 15.8 Å². The second-order valence-corrected chi connectivity index (χ2v) is 7.43. The highest BCUT2D eigenvalue weighted by molar-refractivity contribution is 5.85. The maximum Gasteiger partial charge on any atom is 0.257 e. The van der Waals surface area contributed by atoms with Crippen LogP contribution in [0.4, 0.5) is 0 Å². The van der Waals surface area contributed by atoms with Crippen molar-refractivity contribution >= 4 is 18.3 Å². The first kappa shape index (κ1) is 21.8. The Labute approximate surface area is 181 Å². The summed E-state index contributed by atoms with van der Waals surface area (Å²) in [5, 5.41) is 6.98. The standard InChI is InChI=1S/C22H24N4O3.ClH/c1-28-18-9-5-15(6-10-18)13-19(27)24-14-16-3-7-17(8-4-16)20-25-21(26-29-20)22(23)11-2-12-22;/h3-10H,2,11-14,23H2,1H3,(H,24,27);1H. The number of rotatable bonds is 7. The lowest BCUT2D eigenvalue weighted by Crippen LogP contribution is -2.44. The molecule has 1 aromatic heterocycles. The summed E-state index contributed by atoms with van der Waals surface area (Å²) in [6, 6.07) is 15.2. The van der Waals surface area contributed by atoms with Gasteiger partial charge in [-0.25, -0.2) is 0 Å². The lowest BCUT2D eigenvalue weighted by atomic mass is 9.77. The van der Waals surface area contributed by atoms with E-state index in [0.717, 1.165) is 41.7 Å². The average molecular weight is 429 g/mol. The number of hydrogen-bond donors (Lipinski definition) is 2. The quantitative estimate of drug-likeness (QED) is 0.598. The number of amides is 1. The highest BCUT2D eigenvalue weighted by atomic mass is 35.5. The Morgan fingerprint density at radius 2 is 1.80 bits per heavy atom. The molecule has 1 fully saturated rings. The van der Waals surface area contributed by atoms with Crippen LogP contribution in [0.5, 0.6) is 5.75 Å². The summed E-state index contributed by atoms with van der Waals surface area (Å²) < 4.78 is 10.5. The summed E-state index contributed by atoms with van der Waals surface area (Å²) in [4.78, 5) is 16.6. The molecule has 2 aromatic carbocycles. The average Bonchev–Trinajstić information content (AvgIpc) is 3.22. The molecule has 30 heavy (non-hydrogen) atoms. The number of nitrogens with two attached hydrogens (primary N) is 1. The fourth-order valence-corrected chi connectivity index (χ4v) is 3.28. The molecule has 0 radical (unpaired) electrons. The third-order valence-electron chi connectivity index (χ3n) is 5.33. The summed E-state index contributed by atoms with van der Waals surface area (Å²) in [5.74, 6) is 1.78. The number of benzene rings is 2. The summed E-state index contributed by atoms with van der Waals surface area (Å²) >= 11 is 0. The summed E-state index contributed by atoms with van der Waals surface area (Å²) in [5.41, 5.74) is 8.58. The molecule has 1 aliphatic carbocycles. The minimum Gasteiger partial charge on any atom is -0.497 e. The van der Waals surface area contributed by atoms with Gasteiger partial charge in [-0.1, -0.05) is 29.4 Å². The maximum atomic E-state index is 12.2. The van der Waals surface area contributed by atoms with Crippen molar-refractivity contribution < 1.29 is 14.1 Å². The predicted molar refractivity (Wildman–Crippen MR) is 115 cm³/mol. The maximum absolute atomic E-state index is 12.2. The van der Waals surface area contributed by atoms with Gasteiger partial charge >= 0.3 is 0 Å². The SMILES string of the molecule is COc1ccc(CC(=O)NCc2ccc(-c3nc(C4(N)CCC4)no3)cc2)cc1.Cl. The van der Waals surface area contributed by atoms with E-state index in [0.29, 0.717) is 24.7 Å². The van der Waals surface area contributed by atoms with Crippen molar-refractivity contribution in [1.82, 2.24) is 15.5 Å². The van der Waals surface area contributed by atoms with Gasteiger partial charge in [-0.2, -0.15) is 4.98 Å². The third-order valence-corrected chi connectivity index (χ3v) is 5.33. The van der Waals surface area contributed by atoms with E-state index in [1.165, 1.54) is 0 Å². The normalized spacial score (nSPS) is 14.3. The molecule has 8 heteroatoms. The second kappa shape index (κ2) is 9.28. The first-order chi connectivity index (χ1) is 14.1. The smallest absolute Gasteiger partial charge is 0.257 e. The Bertz CT molecular complexity index is 982. The molecular weight excluding hydrogens is 404 g/mol. The molecule has 1 aliphatic rings. The van der Waals surface area contributed by atoms with Gasteiger partial charge in [-0.05, 0) is 54.7 Å². The Balaban J connectivity index is 0.00000256. The number of nitrogens with one attached hydrogen (secondary N) is 1. The van der Waals surface area contributed by atoms with Gasteiger partial charge in [0.25, 0.3) is 5.89 Å². The van der Waals surface area contributed by atoms with Gasteiger partial charge in [0.2, 0.25) is 5.91 Å². The van der Waals surface area contributed by atoms with E-state index in [9.17, 15) is 4.79 Å². The van der Waals surface area contributed by atoms with Crippen molar-refractivity contribution in [2.24, 2.45) is 5.73 Å². The van der Waals surface area contributed by atoms with Crippen LogP contribution in [-0.4, -0.2) is 23.2 Å². The molecule has 158 valence electrons. The molecule has 0 unspecified atom stereocenters. The van der Waals surface area contributed by atoms with Gasteiger partial charge in [0.15, 0.2) is 5.82 Å². The monoisotopic (exact) mass is 428 g/mol. The van der Waals surface area contributed by atoms with E-state index < -0.39 is 5.54 Å². The fraction of sp³-hybridized carbons (Fsp3) is 0.318. The zero-order valence-electron chi connectivity index (χ0n) is 16.8. The molecular formula is C22H25ClN4O3. The van der Waals surface area contributed by atoms with E-state index in [1.807, 2.05) is 48.5 Å². The van der Waals surface area contributed by atoms with Gasteiger partial charge in [0.05, 0.1) is 19.1 Å². The van der Waals surface area contributed by atoms with Crippen LogP contribution in [0.1, 0.15) is 36.2 Å². The molecule has 3 aromatic rings. The first-order valence-corrected chi connectivity index (χ1v) is 9.68. The molecule has 3 N–H and O–H groups in total. The summed E-state index contributed by atoms with van der Waals surface area (Å²) in [6.45, 7) is 0.455. The van der Waals surface area contributed by atoms with Crippen LogP contribution in [0.15, 0.2) is 53.1 Å². The third kappa shape index (κ3) is 4.80. The molecule has 1 heterocycles. The fourth-order valence-electron chi connectivity index (χ4n) is 3.28. The number of carbonyl (C=O) groups excluding carboxylic acids is 1. The number of ether oxygens (including phenoxy) is 1. The van der Waals surface area contributed by atoms with Gasteiger partial charge in [-0.15, -0.1) is 12.4 Å². The Hall–Kier alpha value is -2.90. The Morgan fingerprint density at radius 1 is 1.13 bits per heavy atom. The van der Waals surface area contributed by atoms with E-state index in [-0.39, 0.29) is 18.3 Å². The topological polar surface area (TPSA) is 103 Å². The van der Waals surface area contributed by atoms with E-state index in [4.69, 9.17) is 15.0 Å². The van der Waals surface area contributed by atoms with Crippen molar-refractivity contribution in [3.8, 4) is 17.2 Å². The zero-order valence-corrected chi connectivity index (χ0v) is 17.6. The van der Waals surface area contributed by atoms with E-state index in [1.54, 1.807) is 7.11 Å². The lowest BCUT2D eigenvalue weighted by Gasteiger charge is -2.34. The molecule has 0 bridgehead atoms. The molecule has 0 saturated heterocycles. The Morgan fingerprint density at radius 3 is 2.40 bits per heavy atom. The van der Waals surface area contributed by atoms with Crippen molar-refractivity contribution in [2.45, 2.75) is 37.8 Å². The van der Waals surface area contributed by atoms with Crippen LogP contribution in [-0.2, 0) is 23.3 Å². The minimum atomic E-state index is -0.435. The molecule has 0 spiro atoms. The van der Waals surface area contributed by atoms with Crippen molar-refractivity contribution in [2.75, 3.05) is 7.11 Å². The van der Waals surface area contributed by atoms with Crippen LogP contribution >= 0.6 is 12.4 Å². The predicted octanol–water partition coefficient (Wildman–Crippen LogP) is 3.36. The molecule has 1 saturated carbocycles.